The largest absolute Gasteiger partial charge is 0.382 e. The first kappa shape index (κ1) is 15.2. The highest BCUT2D eigenvalue weighted by Gasteiger charge is 2.12. The summed E-state index contributed by atoms with van der Waals surface area (Å²) in [4.78, 5) is 12.7. The number of thioether (sulfide) groups is 1. The van der Waals surface area contributed by atoms with Crippen molar-refractivity contribution in [1.82, 2.24) is 19.5 Å². The summed E-state index contributed by atoms with van der Waals surface area (Å²) in [5.41, 5.74) is 7.46. The molecular formula is C15H13FN6S. The first-order valence-corrected chi connectivity index (χ1v) is 7.91. The van der Waals surface area contributed by atoms with Crippen LogP contribution >= 0.6 is 11.8 Å². The van der Waals surface area contributed by atoms with Crippen molar-refractivity contribution in [2.45, 2.75) is 24.4 Å². The zero-order valence-corrected chi connectivity index (χ0v) is 13.1. The maximum atomic E-state index is 13.3. The van der Waals surface area contributed by atoms with E-state index in [0.29, 0.717) is 16.4 Å². The molecule has 23 heavy (non-hydrogen) atoms. The van der Waals surface area contributed by atoms with Gasteiger partial charge in [-0.15, -0.1) is 0 Å². The molecule has 2 heterocycles. The SMILES string of the molecule is CCn1c(CSc2ncc(C#N)c(N)n2)nc2cc(F)ccc21. The van der Waals surface area contributed by atoms with Gasteiger partial charge in [0.1, 0.15) is 29.1 Å². The minimum Gasteiger partial charge on any atom is -0.382 e. The van der Waals surface area contributed by atoms with E-state index >= 15 is 0 Å². The zero-order valence-electron chi connectivity index (χ0n) is 12.3. The highest BCUT2D eigenvalue weighted by atomic mass is 32.2. The van der Waals surface area contributed by atoms with Gasteiger partial charge in [0, 0.05) is 12.6 Å². The van der Waals surface area contributed by atoms with E-state index in [2.05, 4.69) is 15.0 Å². The smallest absolute Gasteiger partial charge is 0.189 e. The lowest BCUT2D eigenvalue weighted by atomic mass is 10.3. The average Bonchev–Trinajstić information content (AvgIpc) is 2.89. The van der Waals surface area contributed by atoms with Crippen LogP contribution in [0.1, 0.15) is 18.3 Å². The molecule has 0 saturated carbocycles. The normalized spacial score (nSPS) is 10.8. The number of aromatic nitrogens is 4. The van der Waals surface area contributed by atoms with Crippen molar-refractivity contribution in [1.29, 1.82) is 5.26 Å². The topological polar surface area (TPSA) is 93.4 Å². The number of nitrogen functional groups attached to an aromatic ring is 1. The highest BCUT2D eigenvalue weighted by molar-refractivity contribution is 7.98. The van der Waals surface area contributed by atoms with Gasteiger partial charge < -0.3 is 10.3 Å². The molecule has 1 aromatic carbocycles. The first-order chi connectivity index (χ1) is 11.1. The molecule has 3 rings (SSSR count). The van der Waals surface area contributed by atoms with Gasteiger partial charge in [0.2, 0.25) is 0 Å². The third-order valence-electron chi connectivity index (χ3n) is 3.35. The molecule has 0 atom stereocenters. The van der Waals surface area contributed by atoms with Crippen molar-refractivity contribution in [3.05, 3.63) is 41.6 Å². The third-order valence-corrected chi connectivity index (χ3v) is 4.21. The Labute approximate surface area is 136 Å². The van der Waals surface area contributed by atoms with E-state index in [0.717, 1.165) is 17.9 Å². The summed E-state index contributed by atoms with van der Waals surface area (Å²) in [5, 5.41) is 9.30. The summed E-state index contributed by atoms with van der Waals surface area (Å²) >= 11 is 1.37. The van der Waals surface area contributed by atoms with Crippen molar-refractivity contribution >= 4 is 28.6 Å². The predicted molar refractivity (Wildman–Crippen MR) is 86.1 cm³/mol. The van der Waals surface area contributed by atoms with Crippen molar-refractivity contribution in [2.75, 3.05) is 5.73 Å². The summed E-state index contributed by atoms with van der Waals surface area (Å²) in [5.74, 6) is 1.19. The lowest BCUT2D eigenvalue weighted by molar-refractivity contribution is 0.629. The van der Waals surface area contributed by atoms with Crippen molar-refractivity contribution in [3.8, 4) is 6.07 Å². The van der Waals surface area contributed by atoms with Gasteiger partial charge >= 0.3 is 0 Å². The Morgan fingerprint density at radius 1 is 1.39 bits per heavy atom. The lowest BCUT2D eigenvalue weighted by Gasteiger charge is -2.05. The molecule has 0 spiro atoms. The van der Waals surface area contributed by atoms with Gasteiger partial charge in [0.25, 0.3) is 0 Å². The number of nitrogens with two attached hydrogens (primary N) is 1. The van der Waals surface area contributed by atoms with Crippen LogP contribution in [0.15, 0.2) is 29.6 Å². The number of hydrogen-bond donors (Lipinski definition) is 1. The maximum absolute atomic E-state index is 13.3. The Hall–Kier alpha value is -2.66. The molecule has 0 radical (unpaired) electrons. The summed E-state index contributed by atoms with van der Waals surface area (Å²) in [7, 11) is 0. The molecule has 0 aliphatic carbocycles. The van der Waals surface area contributed by atoms with Crippen LogP contribution in [0.5, 0.6) is 0 Å². The Kier molecular flexibility index (Phi) is 4.12. The second-order valence-corrected chi connectivity index (χ2v) is 5.70. The molecule has 2 aromatic heterocycles. The molecular weight excluding hydrogens is 315 g/mol. The van der Waals surface area contributed by atoms with E-state index < -0.39 is 0 Å². The van der Waals surface area contributed by atoms with Gasteiger partial charge in [-0.1, -0.05) is 11.8 Å². The third kappa shape index (κ3) is 2.96. The van der Waals surface area contributed by atoms with E-state index in [1.807, 2.05) is 17.6 Å². The summed E-state index contributed by atoms with van der Waals surface area (Å²) in [6, 6.07) is 6.50. The van der Waals surface area contributed by atoms with Crippen LogP contribution < -0.4 is 5.73 Å². The van der Waals surface area contributed by atoms with Crippen LogP contribution in [0.3, 0.4) is 0 Å². The number of imidazole rings is 1. The van der Waals surface area contributed by atoms with E-state index in [9.17, 15) is 4.39 Å². The van der Waals surface area contributed by atoms with Crippen LogP contribution in [0.2, 0.25) is 0 Å². The molecule has 116 valence electrons. The molecule has 8 heteroatoms. The van der Waals surface area contributed by atoms with Gasteiger partial charge in [0.15, 0.2) is 5.16 Å². The quantitative estimate of drug-likeness (QED) is 0.584. The van der Waals surface area contributed by atoms with Crippen molar-refractivity contribution in [2.24, 2.45) is 0 Å². The number of rotatable bonds is 4. The number of benzene rings is 1. The van der Waals surface area contributed by atoms with Crippen LogP contribution in [-0.2, 0) is 12.3 Å². The molecule has 0 aliphatic heterocycles. The molecule has 0 saturated heterocycles. The number of anilines is 1. The summed E-state index contributed by atoms with van der Waals surface area (Å²) in [6.45, 7) is 2.74. The molecule has 0 aliphatic rings. The number of aryl methyl sites for hydroxylation is 1. The Bertz CT molecular complexity index is 914. The Balaban J connectivity index is 1.87. The van der Waals surface area contributed by atoms with Crippen LogP contribution in [-0.4, -0.2) is 19.5 Å². The monoisotopic (exact) mass is 328 g/mol. The standard InChI is InChI=1S/C15H13FN6S/c1-2-22-12-4-3-10(16)5-11(12)20-13(22)8-23-15-19-7-9(6-17)14(18)21-15/h3-5,7H,2,8H2,1H3,(H2,18,19,21). The van der Waals surface area contributed by atoms with E-state index in [-0.39, 0.29) is 17.2 Å². The zero-order chi connectivity index (χ0) is 16.4. The minimum absolute atomic E-state index is 0.163. The first-order valence-electron chi connectivity index (χ1n) is 6.92. The average molecular weight is 328 g/mol. The van der Waals surface area contributed by atoms with E-state index in [1.165, 1.54) is 30.1 Å². The number of nitriles is 1. The van der Waals surface area contributed by atoms with Gasteiger partial charge in [-0.3, -0.25) is 0 Å². The highest BCUT2D eigenvalue weighted by Crippen LogP contribution is 2.24. The van der Waals surface area contributed by atoms with E-state index in [4.69, 9.17) is 11.0 Å². The fourth-order valence-corrected chi connectivity index (χ4v) is 3.05. The molecule has 0 fully saturated rings. The Morgan fingerprint density at radius 3 is 2.91 bits per heavy atom. The van der Waals surface area contributed by atoms with Gasteiger partial charge in [-0.2, -0.15) is 5.26 Å². The van der Waals surface area contributed by atoms with Crippen molar-refractivity contribution in [3.63, 3.8) is 0 Å². The van der Waals surface area contributed by atoms with Crippen LogP contribution in [0.4, 0.5) is 10.2 Å². The molecule has 6 nitrogen and oxygen atoms in total. The summed E-state index contributed by atoms with van der Waals surface area (Å²) in [6.07, 6.45) is 1.41. The minimum atomic E-state index is -0.305. The van der Waals surface area contributed by atoms with E-state index in [1.54, 1.807) is 6.07 Å². The number of fused-ring (bicyclic) bond motifs is 1. The molecule has 3 aromatic rings. The number of hydrogen-bond acceptors (Lipinski definition) is 6. The van der Waals surface area contributed by atoms with Gasteiger partial charge in [-0.05, 0) is 19.1 Å². The lowest BCUT2D eigenvalue weighted by Crippen LogP contribution is -2.02. The fourth-order valence-electron chi connectivity index (χ4n) is 2.28. The Morgan fingerprint density at radius 2 is 2.22 bits per heavy atom. The second kappa shape index (κ2) is 6.22. The number of halogens is 1. The van der Waals surface area contributed by atoms with Crippen LogP contribution in [0, 0.1) is 17.1 Å². The number of nitrogens with zero attached hydrogens (tertiary/aromatic N) is 5. The van der Waals surface area contributed by atoms with Gasteiger partial charge in [-0.25, -0.2) is 19.3 Å². The predicted octanol–water partition coefficient (Wildman–Crippen LogP) is 2.73. The van der Waals surface area contributed by atoms with Crippen molar-refractivity contribution < 1.29 is 4.39 Å². The molecule has 2 N–H and O–H groups in total. The maximum Gasteiger partial charge on any atom is 0.189 e. The van der Waals surface area contributed by atoms with Gasteiger partial charge in [0.05, 0.1) is 23.0 Å². The fraction of sp³-hybridized carbons (Fsp3) is 0.200. The molecule has 0 amide bonds. The molecule has 0 bridgehead atoms. The second-order valence-electron chi connectivity index (χ2n) is 4.76. The summed E-state index contributed by atoms with van der Waals surface area (Å²) < 4.78 is 15.4. The van der Waals surface area contributed by atoms with Crippen LogP contribution in [0.25, 0.3) is 11.0 Å². The molecule has 0 unspecified atom stereocenters.